The number of nitrogens with zero attached hydrogens (tertiary/aromatic N) is 1. The van der Waals surface area contributed by atoms with Crippen molar-refractivity contribution >= 4 is 0 Å². The van der Waals surface area contributed by atoms with Crippen molar-refractivity contribution in [3.05, 3.63) is 0 Å². The summed E-state index contributed by atoms with van der Waals surface area (Å²) in [6.45, 7) is 6.83. The molecule has 0 aromatic carbocycles. The molecule has 1 unspecified atom stereocenters. The third-order valence-electron chi connectivity index (χ3n) is 3.33. The fourth-order valence-corrected chi connectivity index (χ4v) is 2.43. The van der Waals surface area contributed by atoms with E-state index in [9.17, 15) is 0 Å². The zero-order chi connectivity index (χ0) is 10.7. The average Bonchev–Trinajstić information content (AvgIpc) is 2.66. The summed E-state index contributed by atoms with van der Waals surface area (Å²) in [5, 5.41) is 0. The van der Waals surface area contributed by atoms with Gasteiger partial charge in [0.1, 0.15) is 0 Å². The Hall–Kier alpha value is -0.160. The monoisotopic (exact) mass is 214 g/mol. The molecule has 0 radical (unpaired) electrons. The lowest BCUT2D eigenvalue weighted by Gasteiger charge is -2.37. The number of rotatable bonds is 3. The number of piperidine rings is 1. The summed E-state index contributed by atoms with van der Waals surface area (Å²) in [5.74, 6) is -0.297. The van der Waals surface area contributed by atoms with Gasteiger partial charge in [0, 0.05) is 32.5 Å². The summed E-state index contributed by atoms with van der Waals surface area (Å²) in [5.41, 5.74) is 5.58. The van der Waals surface area contributed by atoms with Crippen LogP contribution in [0.5, 0.6) is 0 Å². The van der Waals surface area contributed by atoms with Crippen LogP contribution in [-0.2, 0) is 9.47 Å². The van der Waals surface area contributed by atoms with E-state index in [1.165, 1.54) is 13.0 Å². The molecule has 0 saturated carbocycles. The fraction of sp³-hybridized carbons (Fsp3) is 1.00. The molecule has 0 aromatic heterocycles. The predicted molar refractivity (Wildman–Crippen MR) is 58.6 cm³/mol. The first-order chi connectivity index (χ1) is 7.28. The van der Waals surface area contributed by atoms with Crippen LogP contribution < -0.4 is 5.73 Å². The lowest BCUT2D eigenvalue weighted by molar-refractivity contribution is -0.193. The highest BCUT2D eigenvalue weighted by Crippen LogP contribution is 2.33. The molecule has 0 amide bonds. The summed E-state index contributed by atoms with van der Waals surface area (Å²) in [6, 6.07) is 0. The van der Waals surface area contributed by atoms with Crippen molar-refractivity contribution in [2.45, 2.75) is 38.1 Å². The van der Waals surface area contributed by atoms with E-state index in [0.29, 0.717) is 13.2 Å². The number of hydrogen-bond acceptors (Lipinski definition) is 4. The Morgan fingerprint density at radius 3 is 2.67 bits per heavy atom. The van der Waals surface area contributed by atoms with Crippen LogP contribution in [0.1, 0.15) is 26.2 Å². The molecular formula is C11H22N2O2. The molecule has 1 atom stereocenters. The van der Waals surface area contributed by atoms with E-state index < -0.39 is 0 Å². The van der Waals surface area contributed by atoms with Gasteiger partial charge >= 0.3 is 0 Å². The second-order valence-corrected chi connectivity index (χ2v) is 4.54. The zero-order valence-electron chi connectivity index (χ0n) is 9.58. The highest BCUT2D eigenvalue weighted by atomic mass is 16.7. The lowest BCUT2D eigenvalue weighted by atomic mass is 10.0. The molecular weight excluding hydrogens is 192 g/mol. The van der Waals surface area contributed by atoms with E-state index in [4.69, 9.17) is 15.2 Å². The van der Waals surface area contributed by atoms with Gasteiger partial charge in [0.05, 0.1) is 12.7 Å². The molecule has 4 nitrogen and oxygen atoms in total. The molecule has 0 bridgehead atoms. The Morgan fingerprint density at radius 1 is 1.40 bits per heavy atom. The molecule has 2 heterocycles. The SMILES string of the molecule is CCCN1CCC2(CC1)OCC(CN)O2. The Bertz CT molecular complexity index is 203. The van der Waals surface area contributed by atoms with Gasteiger partial charge in [0.2, 0.25) is 0 Å². The van der Waals surface area contributed by atoms with Crippen molar-refractivity contribution in [3.63, 3.8) is 0 Å². The van der Waals surface area contributed by atoms with Crippen LogP contribution in [0.4, 0.5) is 0 Å². The first kappa shape index (κ1) is 11.3. The number of ether oxygens (including phenoxy) is 2. The van der Waals surface area contributed by atoms with Crippen LogP contribution in [0, 0.1) is 0 Å². The zero-order valence-corrected chi connectivity index (χ0v) is 9.58. The second-order valence-electron chi connectivity index (χ2n) is 4.54. The highest BCUT2D eigenvalue weighted by Gasteiger charge is 2.43. The third-order valence-corrected chi connectivity index (χ3v) is 3.33. The van der Waals surface area contributed by atoms with Crippen LogP contribution in [0.15, 0.2) is 0 Å². The maximum atomic E-state index is 5.89. The van der Waals surface area contributed by atoms with Crippen LogP contribution in [0.3, 0.4) is 0 Å². The predicted octanol–water partition coefficient (Wildman–Crippen LogP) is 0.563. The van der Waals surface area contributed by atoms with Gasteiger partial charge in [-0.05, 0) is 13.0 Å². The normalized spacial score (nSPS) is 31.2. The summed E-state index contributed by atoms with van der Waals surface area (Å²) in [7, 11) is 0. The van der Waals surface area contributed by atoms with Crippen LogP contribution in [0.2, 0.25) is 0 Å². The standard InChI is InChI=1S/C11H22N2O2/c1-2-5-13-6-3-11(4-7-13)14-9-10(8-12)15-11/h10H,2-9,12H2,1H3. The summed E-state index contributed by atoms with van der Waals surface area (Å²) in [4.78, 5) is 2.48. The minimum absolute atomic E-state index is 0.114. The minimum Gasteiger partial charge on any atom is -0.347 e. The fourth-order valence-electron chi connectivity index (χ4n) is 2.43. The average molecular weight is 214 g/mol. The van der Waals surface area contributed by atoms with Gasteiger partial charge in [0.25, 0.3) is 0 Å². The van der Waals surface area contributed by atoms with Crippen molar-refractivity contribution in [1.82, 2.24) is 4.90 Å². The third kappa shape index (κ3) is 2.50. The van der Waals surface area contributed by atoms with Crippen LogP contribution in [-0.4, -0.2) is 49.6 Å². The van der Waals surface area contributed by atoms with E-state index >= 15 is 0 Å². The van der Waals surface area contributed by atoms with Gasteiger partial charge < -0.3 is 20.1 Å². The molecule has 2 aliphatic heterocycles. The highest BCUT2D eigenvalue weighted by molar-refractivity contribution is 4.85. The molecule has 88 valence electrons. The molecule has 0 aromatic rings. The molecule has 4 heteroatoms. The molecule has 0 aliphatic carbocycles. The van der Waals surface area contributed by atoms with E-state index in [1.54, 1.807) is 0 Å². The molecule has 2 aliphatic rings. The quantitative estimate of drug-likeness (QED) is 0.746. The minimum atomic E-state index is -0.297. The number of hydrogen-bond donors (Lipinski definition) is 1. The molecule has 15 heavy (non-hydrogen) atoms. The van der Waals surface area contributed by atoms with Crippen LogP contribution in [0.25, 0.3) is 0 Å². The van der Waals surface area contributed by atoms with Crippen molar-refractivity contribution in [2.24, 2.45) is 5.73 Å². The van der Waals surface area contributed by atoms with E-state index in [1.807, 2.05) is 0 Å². The van der Waals surface area contributed by atoms with Crippen molar-refractivity contribution in [1.29, 1.82) is 0 Å². The van der Waals surface area contributed by atoms with Gasteiger partial charge in [-0.3, -0.25) is 0 Å². The molecule has 2 fully saturated rings. The van der Waals surface area contributed by atoms with Gasteiger partial charge in [-0.1, -0.05) is 6.92 Å². The Morgan fingerprint density at radius 2 is 2.13 bits per heavy atom. The molecule has 2 saturated heterocycles. The van der Waals surface area contributed by atoms with E-state index in [2.05, 4.69) is 11.8 Å². The Kier molecular flexibility index (Phi) is 3.61. The van der Waals surface area contributed by atoms with E-state index in [-0.39, 0.29) is 11.9 Å². The topological polar surface area (TPSA) is 47.7 Å². The van der Waals surface area contributed by atoms with E-state index in [0.717, 1.165) is 25.9 Å². The van der Waals surface area contributed by atoms with Gasteiger partial charge in [-0.15, -0.1) is 0 Å². The second kappa shape index (κ2) is 4.78. The Labute approximate surface area is 91.7 Å². The Balaban J connectivity index is 1.82. The van der Waals surface area contributed by atoms with Crippen LogP contribution >= 0.6 is 0 Å². The maximum Gasteiger partial charge on any atom is 0.171 e. The molecule has 2 rings (SSSR count). The van der Waals surface area contributed by atoms with Gasteiger partial charge in [0.15, 0.2) is 5.79 Å². The summed E-state index contributed by atoms with van der Waals surface area (Å²) < 4.78 is 11.7. The molecule has 2 N–H and O–H groups in total. The summed E-state index contributed by atoms with van der Waals surface area (Å²) in [6.07, 6.45) is 3.32. The first-order valence-electron chi connectivity index (χ1n) is 6.02. The lowest BCUT2D eigenvalue weighted by Crippen LogP contribution is -2.45. The van der Waals surface area contributed by atoms with Gasteiger partial charge in [-0.25, -0.2) is 0 Å². The summed E-state index contributed by atoms with van der Waals surface area (Å²) >= 11 is 0. The smallest absolute Gasteiger partial charge is 0.171 e. The van der Waals surface area contributed by atoms with Crippen molar-refractivity contribution in [3.8, 4) is 0 Å². The van der Waals surface area contributed by atoms with Crippen molar-refractivity contribution < 1.29 is 9.47 Å². The maximum absolute atomic E-state index is 5.89. The van der Waals surface area contributed by atoms with Crippen molar-refractivity contribution in [2.75, 3.05) is 32.8 Å². The number of likely N-dealkylation sites (tertiary alicyclic amines) is 1. The molecule has 1 spiro atoms. The first-order valence-corrected chi connectivity index (χ1v) is 6.02. The largest absolute Gasteiger partial charge is 0.347 e. The number of nitrogens with two attached hydrogens (primary N) is 1. The van der Waals surface area contributed by atoms with Gasteiger partial charge in [-0.2, -0.15) is 0 Å².